The van der Waals surface area contributed by atoms with Crippen LogP contribution in [0.5, 0.6) is 5.75 Å². The Hall–Kier alpha value is -2.10. The van der Waals surface area contributed by atoms with Crippen molar-refractivity contribution in [1.82, 2.24) is 4.98 Å². The smallest absolute Gasteiger partial charge is 0.255 e. The molecule has 0 bridgehead atoms. The molecule has 16 heavy (non-hydrogen) atoms. The van der Waals surface area contributed by atoms with Gasteiger partial charge in [0.15, 0.2) is 11.6 Å². The van der Waals surface area contributed by atoms with Gasteiger partial charge in [-0.1, -0.05) is 6.07 Å². The predicted octanol–water partition coefficient (Wildman–Crippen LogP) is 2.19. The molecule has 0 spiro atoms. The van der Waals surface area contributed by atoms with E-state index in [0.29, 0.717) is 11.1 Å². The highest BCUT2D eigenvalue weighted by molar-refractivity contribution is 5.63. The largest absolute Gasteiger partial charge is 0.494 e. The maximum absolute atomic E-state index is 13.4. The van der Waals surface area contributed by atoms with Gasteiger partial charge in [0.05, 0.1) is 7.11 Å². The molecule has 0 saturated heterocycles. The second-order valence-electron chi connectivity index (χ2n) is 3.26. The lowest BCUT2D eigenvalue weighted by molar-refractivity contribution is 0.386. The van der Waals surface area contributed by atoms with Crippen molar-refractivity contribution in [3.05, 3.63) is 52.7 Å². The number of hydrogen-bond acceptors (Lipinski definition) is 2. The molecule has 0 atom stereocenters. The number of halogens is 1. The second-order valence-corrected chi connectivity index (χ2v) is 3.26. The number of aromatic amines is 1. The Morgan fingerprint density at radius 1 is 1.31 bits per heavy atom. The molecule has 82 valence electrons. The molecule has 1 aromatic heterocycles. The molecule has 0 saturated carbocycles. The van der Waals surface area contributed by atoms with Crippen LogP contribution < -0.4 is 10.3 Å². The van der Waals surface area contributed by atoms with Gasteiger partial charge in [-0.05, 0) is 29.8 Å². The molecule has 0 unspecified atom stereocenters. The van der Waals surface area contributed by atoms with Crippen LogP contribution in [0.2, 0.25) is 0 Å². The molecule has 0 aliphatic heterocycles. The minimum atomic E-state index is -0.483. The lowest BCUT2D eigenvalue weighted by Crippen LogP contribution is -2.07. The van der Waals surface area contributed by atoms with E-state index in [1.165, 1.54) is 25.4 Å². The molecule has 1 N–H and O–H groups in total. The third kappa shape index (κ3) is 1.82. The van der Waals surface area contributed by atoms with Crippen LogP contribution in [0.4, 0.5) is 4.39 Å². The van der Waals surface area contributed by atoms with Crippen LogP contribution in [0.1, 0.15) is 0 Å². The summed E-state index contributed by atoms with van der Waals surface area (Å²) in [5, 5.41) is 0. The first-order valence-electron chi connectivity index (χ1n) is 4.74. The van der Waals surface area contributed by atoms with E-state index in [4.69, 9.17) is 4.74 Å². The summed E-state index contributed by atoms with van der Waals surface area (Å²) in [5.41, 5.74) is 0.719. The Balaban J connectivity index is 2.54. The van der Waals surface area contributed by atoms with E-state index in [1.54, 1.807) is 18.2 Å². The molecule has 4 heteroatoms. The maximum atomic E-state index is 13.4. The highest BCUT2D eigenvalue weighted by atomic mass is 19.1. The predicted molar refractivity (Wildman–Crippen MR) is 59.0 cm³/mol. The molecule has 0 radical (unpaired) electrons. The van der Waals surface area contributed by atoms with Crippen LogP contribution in [0.25, 0.3) is 11.1 Å². The first-order chi connectivity index (χ1) is 7.72. The zero-order valence-corrected chi connectivity index (χ0v) is 8.66. The van der Waals surface area contributed by atoms with Crippen molar-refractivity contribution >= 4 is 0 Å². The molecule has 3 nitrogen and oxygen atoms in total. The van der Waals surface area contributed by atoms with Crippen LogP contribution >= 0.6 is 0 Å². The van der Waals surface area contributed by atoms with E-state index in [2.05, 4.69) is 4.98 Å². The van der Waals surface area contributed by atoms with Gasteiger partial charge >= 0.3 is 0 Å². The Bertz CT molecular complexity index is 563. The highest BCUT2D eigenvalue weighted by Crippen LogP contribution is 2.22. The minimum absolute atomic E-state index is 0.163. The van der Waals surface area contributed by atoms with E-state index >= 15 is 0 Å². The summed E-state index contributed by atoms with van der Waals surface area (Å²) in [7, 11) is 1.40. The van der Waals surface area contributed by atoms with Crippen LogP contribution in [0.3, 0.4) is 0 Å². The maximum Gasteiger partial charge on any atom is 0.255 e. The molecular weight excluding hydrogens is 209 g/mol. The van der Waals surface area contributed by atoms with Gasteiger partial charge in [-0.25, -0.2) is 4.39 Å². The summed E-state index contributed by atoms with van der Waals surface area (Å²) in [6.45, 7) is 0. The van der Waals surface area contributed by atoms with Crippen LogP contribution in [0.15, 0.2) is 41.3 Å². The Morgan fingerprint density at radius 2 is 2.12 bits per heavy atom. The third-order valence-electron chi connectivity index (χ3n) is 2.28. The van der Waals surface area contributed by atoms with Gasteiger partial charge in [0, 0.05) is 11.8 Å². The van der Waals surface area contributed by atoms with Crippen LogP contribution in [0, 0.1) is 5.82 Å². The number of nitrogens with one attached hydrogen (secondary N) is 1. The van der Waals surface area contributed by atoms with E-state index < -0.39 is 5.82 Å². The van der Waals surface area contributed by atoms with Gasteiger partial charge in [0.2, 0.25) is 0 Å². The first-order valence-corrected chi connectivity index (χ1v) is 4.74. The van der Waals surface area contributed by atoms with Gasteiger partial charge < -0.3 is 9.72 Å². The fourth-order valence-corrected chi connectivity index (χ4v) is 1.48. The number of ether oxygens (including phenoxy) is 1. The van der Waals surface area contributed by atoms with E-state index in [0.717, 1.165) is 0 Å². The topological polar surface area (TPSA) is 42.1 Å². The third-order valence-corrected chi connectivity index (χ3v) is 2.28. The number of hydrogen-bond donors (Lipinski definition) is 1. The molecule has 1 heterocycles. The average molecular weight is 219 g/mol. The number of rotatable bonds is 2. The molecule has 2 aromatic rings. The Kier molecular flexibility index (Phi) is 2.72. The highest BCUT2D eigenvalue weighted by Gasteiger charge is 2.07. The molecule has 0 fully saturated rings. The second kappa shape index (κ2) is 4.18. The number of methoxy groups -OCH3 is 1. The van der Waals surface area contributed by atoms with Crippen LogP contribution in [-0.2, 0) is 0 Å². The van der Waals surface area contributed by atoms with Crippen molar-refractivity contribution in [3.63, 3.8) is 0 Å². The Labute approximate surface area is 91.5 Å². The van der Waals surface area contributed by atoms with Gasteiger partial charge in [0.25, 0.3) is 5.56 Å². The SMILES string of the molecule is COc1ccc(-c2ccc[nH]c2=O)cc1F. The lowest BCUT2D eigenvalue weighted by Gasteiger charge is -2.04. The number of aromatic nitrogens is 1. The standard InChI is InChI=1S/C12H10FNO2/c1-16-11-5-4-8(7-10(11)13)9-3-2-6-14-12(9)15/h2-7H,1H3,(H,14,15). The lowest BCUT2D eigenvalue weighted by atomic mass is 10.1. The van der Waals surface area contributed by atoms with E-state index in [9.17, 15) is 9.18 Å². The molecule has 0 aliphatic rings. The van der Waals surface area contributed by atoms with Crippen molar-refractivity contribution in [2.75, 3.05) is 7.11 Å². The Morgan fingerprint density at radius 3 is 2.75 bits per heavy atom. The summed E-state index contributed by atoms with van der Waals surface area (Å²) >= 11 is 0. The summed E-state index contributed by atoms with van der Waals surface area (Å²) < 4.78 is 18.2. The number of benzene rings is 1. The monoisotopic (exact) mass is 219 g/mol. The first kappa shape index (κ1) is 10.4. The summed E-state index contributed by atoms with van der Waals surface area (Å²) in [6.07, 6.45) is 1.53. The quantitative estimate of drug-likeness (QED) is 0.841. The van der Waals surface area contributed by atoms with Gasteiger partial charge in [-0.3, -0.25) is 4.79 Å². The molecule has 0 aliphatic carbocycles. The number of pyridine rings is 1. The van der Waals surface area contributed by atoms with E-state index in [-0.39, 0.29) is 11.3 Å². The average Bonchev–Trinajstić information content (AvgIpc) is 2.29. The molecule has 0 amide bonds. The van der Waals surface area contributed by atoms with Crippen molar-refractivity contribution in [3.8, 4) is 16.9 Å². The zero-order valence-electron chi connectivity index (χ0n) is 8.66. The van der Waals surface area contributed by atoms with Crippen LogP contribution in [-0.4, -0.2) is 12.1 Å². The van der Waals surface area contributed by atoms with E-state index in [1.807, 2.05) is 0 Å². The van der Waals surface area contributed by atoms with Crippen molar-refractivity contribution in [2.45, 2.75) is 0 Å². The summed E-state index contributed by atoms with van der Waals surface area (Å²) in [6, 6.07) is 7.76. The molecule has 2 rings (SSSR count). The zero-order chi connectivity index (χ0) is 11.5. The molecular formula is C12H10FNO2. The normalized spacial score (nSPS) is 10.1. The fourth-order valence-electron chi connectivity index (χ4n) is 1.48. The van der Waals surface area contributed by atoms with Crippen molar-refractivity contribution in [1.29, 1.82) is 0 Å². The minimum Gasteiger partial charge on any atom is -0.494 e. The summed E-state index contributed by atoms with van der Waals surface area (Å²) in [4.78, 5) is 14.0. The fraction of sp³-hybridized carbons (Fsp3) is 0.0833. The van der Waals surface area contributed by atoms with Gasteiger partial charge in [0.1, 0.15) is 0 Å². The summed E-state index contributed by atoms with van der Waals surface area (Å²) in [5.74, 6) is -0.320. The van der Waals surface area contributed by atoms with Gasteiger partial charge in [-0.2, -0.15) is 0 Å². The van der Waals surface area contributed by atoms with Crippen molar-refractivity contribution in [2.24, 2.45) is 0 Å². The molecule has 1 aromatic carbocycles. The number of H-pyrrole nitrogens is 1. The van der Waals surface area contributed by atoms with Gasteiger partial charge in [-0.15, -0.1) is 0 Å². The van der Waals surface area contributed by atoms with Crippen molar-refractivity contribution < 1.29 is 9.13 Å².